The van der Waals surface area contributed by atoms with Crippen molar-refractivity contribution in [1.29, 1.82) is 0 Å². The molecule has 23 nitrogen and oxygen atoms in total. The predicted octanol–water partition coefficient (Wildman–Crippen LogP) is 21.2. The maximum atomic E-state index is 15.1. The molecule has 0 spiro atoms. The fourth-order valence-corrected chi connectivity index (χ4v) is 17.6. The first-order chi connectivity index (χ1) is 55.5. The molecule has 0 radical (unpaired) electrons. The number of aliphatic hydroxyl groups excluding tert-OH is 4. The number of rotatable bonds is 80. The third-order valence-corrected chi connectivity index (χ3v) is 24.5. The number of carbonyl (C=O) groups excluding carboxylic acids is 4. The smallest absolute Gasteiger partial charge is 0.457 e. The van der Waals surface area contributed by atoms with E-state index in [0.29, 0.717) is 12.8 Å². The summed E-state index contributed by atoms with van der Waals surface area (Å²) in [6.07, 6.45) is 43.2. The van der Waals surface area contributed by atoms with Gasteiger partial charge in [0.05, 0.1) is 38.3 Å². The van der Waals surface area contributed by atoms with E-state index in [1.54, 1.807) is 0 Å². The molecule has 2 aliphatic heterocycles. The van der Waals surface area contributed by atoms with Gasteiger partial charge in [0.25, 0.3) is 0 Å². The number of nitrogens with one attached hydrogen (secondary N) is 2. The molecule has 2 fully saturated rings. The lowest BCUT2D eigenvalue weighted by Crippen LogP contribution is -2.68. The highest BCUT2D eigenvalue weighted by Crippen LogP contribution is 2.46. The monoisotopic (exact) mass is 1680 g/mol. The minimum absolute atomic E-state index is 0.00170. The van der Waals surface area contributed by atoms with Gasteiger partial charge in [0, 0.05) is 12.8 Å². The third-order valence-electron chi connectivity index (χ3n) is 23.5. The van der Waals surface area contributed by atoms with Crippen LogP contribution in [0.15, 0.2) is 0 Å². The third kappa shape index (κ3) is 57.7. The Morgan fingerprint density at radius 2 is 0.617 bits per heavy atom. The zero-order chi connectivity index (χ0) is 84.4. The normalized spacial score (nSPS) is 20.6. The number of phosphoric ester groups is 2. The maximum Gasteiger partial charge on any atom is 0.472 e. The maximum absolute atomic E-state index is 15.1. The zero-order valence-electron chi connectivity index (χ0n) is 73.5. The first kappa shape index (κ1) is 109. The van der Waals surface area contributed by atoms with E-state index in [-0.39, 0.29) is 37.5 Å². The van der Waals surface area contributed by atoms with Crippen molar-refractivity contribution in [3.8, 4) is 0 Å². The van der Waals surface area contributed by atoms with Crippen LogP contribution < -0.4 is 10.6 Å². The van der Waals surface area contributed by atoms with E-state index in [1.807, 2.05) is 0 Å². The largest absolute Gasteiger partial charge is 0.472 e. The van der Waals surface area contributed by atoms with Crippen molar-refractivity contribution in [2.75, 3.05) is 13.2 Å². The second-order valence-corrected chi connectivity index (χ2v) is 36.8. The van der Waals surface area contributed by atoms with Crippen molar-refractivity contribution in [2.24, 2.45) is 11.8 Å². The first-order valence-electron chi connectivity index (χ1n) is 47.6. The molecule has 2 heterocycles. The van der Waals surface area contributed by atoms with Gasteiger partial charge in [-0.25, -0.2) is 9.13 Å². The zero-order valence-corrected chi connectivity index (χ0v) is 75.3. The molecule has 680 valence electrons. The molecule has 115 heavy (non-hydrogen) atoms. The highest BCUT2D eigenvalue weighted by atomic mass is 31.2. The standard InChI is InChI=1S/C90H174N2O21P2/c1-7-13-19-25-31-37-43-49-55-61-73(62-56-50-44-38-32-26-20-14-8-2)67-79(96)91-83-87(110-81(98)68-74(63-57-51-45-39-33-27-21-15-9-3)64-58-52-46-40-34-28-22-16-10-4)85(100)77(71-93)108-89(83)107-72-78-86(112-114(101,102)103)88(111-82(99)70-76(95)66-60-54-48-42-36-30-24-18-12-6)84(90(109-78)113-115(104,105)106)92-80(97)69-75(94)65-59-53-47-41-35-29-23-17-11-5/h73-78,83-90,93-95,100H,7-72H2,1-6H3,(H,91,96)(H,92,97)(H2,101,102,103)(H2,104,105,106)/t75-,76-,77-,78-,83-,84-,85-,86-,87-,88-,89-,90-/m1/s1. The molecule has 2 rings (SSSR count). The van der Waals surface area contributed by atoms with Gasteiger partial charge in [-0.3, -0.25) is 28.2 Å². The Morgan fingerprint density at radius 1 is 0.339 bits per heavy atom. The van der Waals surface area contributed by atoms with E-state index in [4.69, 9.17) is 32.7 Å². The van der Waals surface area contributed by atoms with Crippen molar-refractivity contribution in [3.63, 3.8) is 0 Å². The fraction of sp³-hybridized carbons (Fsp3) is 0.956. The number of carbonyl (C=O) groups is 4. The van der Waals surface area contributed by atoms with Crippen molar-refractivity contribution >= 4 is 39.4 Å². The summed E-state index contributed by atoms with van der Waals surface area (Å²) in [7, 11) is -11.5. The molecule has 0 aliphatic carbocycles. The summed E-state index contributed by atoms with van der Waals surface area (Å²) in [6, 6.07) is -3.59. The number of unbranched alkanes of at least 4 members (excludes halogenated alkanes) is 48. The molecule has 0 bridgehead atoms. The van der Waals surface area contributed by atoms with Gasteiger partial charge in [-0.05, 0) is 50.4 Å². The molecule has 0 aromatic heterocycles. The molecular formula is C90H174N2O21P2. The van der Waals surface area contributed by atoms with Gasteiger partial charge in [0.15, 0.2) is 24.8 Å². The Bertz CT molecular complexity index is 2380. The quantitative estimate of drug-likeness (QED) is 0.0154. The molecular weight excluding hydrogens is 1510 g/mol. The van der Waals surface area contributed by atoms with Crippen LogP contribution in [0.1, 0.15) is 452 Å². The van der Waals surface area contributed by atoms with Gasteiger partial charge in [0.2, 0.25) is 11.8 Å². The van der Waals surface area contributed by atoms with E-state index in [2.05, 4.69) is 52.2 Å². The van der Waals surface area contributed by atoms with Gasteiger partial charge >= 0.3 is 27.6 Å². The topological polar surface area (TPSA) is 353 Å². The van der Waals surface area contributed by atoms with Crippen LogP contribution in [0.3, 0.4) is 0 Å². The molecule has 0 saturated carbocycles. The Morgan fingerprint density at radius 3 is 0.957 bits per heavy atom. The number of aliphatic hydroxyl groups is 4. The van der Waals surface area contributed by atoms with Crippen LogP contribution in [0.5, 0.6) is 0 Å². The van der Waals surface area contributed by atoms with Crippen molar-refractivity contribution in [2.45, 2.75) is 526 Å². The van der Waals surface area contributed by atoms with Crippen molar-refractivity contribution < 1.29 is 101 Å². The van der Waals surface area contributed by atoms with Gasteiger partial charge in [-0.2, -0.15) is 0 Å². The second-order valence-electron chi connectivity index (χ2n) is 34.4. The fourth-order valence-electron chi connectivity index (χ4n) is 16.6. The Balaban J connectivity index is 2.80. The Kier molecular flexibility index (Phi) is 67.5. The SMILES string of the molecule is CCCCCCCCCCCC(CCCCCCCCCCC)CC(=O)N[C@H]1[C@H](OC[C@H]2O[C@H](OP(=O)(O)O)[C@H](NC(=O)C[C@H](O)CCCCCCCCCCC)[C@@H](OC(=O)C[C@H](O)CCCCCCCCCCC)[C@@H]2OP(=O)(O)O)O[C@H](CO)[C@@H](O)[C@@H]1OC(=O)CC(CCCCCCCCCCC)CCCCCCCCCCC. The van der Waals surface area contributed by atoms with Gasteiger partial charge in [-0.1, -0.05) is 388 Å². The van der Waals surface area contributed by atoms with Crippen LogP contribution in [0.2, 0.25) is 0 Å². The van der Waals surface area contributed by atoms with Crippen LogP contribution in [0, 0.1) is 11.8 Å². The number of phosphoric acid groups is 2. The van der Waals surface area contributed by atoms with Crippen molar-refractivity contribution in [1.82, 2.24) is 10.6 Å². The van der Waals surface area contributed by atoms with E-state index in [9.17, 15) is 63.5 Å². The van der Waals surface area contributed by atoms with E-state index in [0.717, 1.165) is 205 Å². The highest BCUT2D eigenvalue weighted by Gasteiger charge is 2.55. The summed E-state index contributed by atoms with van der Waals surface area (Å²) in [6.45, 7) is 11.4. The number of hydrogen-bond acceptors (Lipinski definition) is 17. The highest BCUT2D eigenvalue weighted by molar-refractivity contribution is 7.46. The average Bonchev–Trinajstić information content (AvgIpc) is 0.779. The lowest BCUT2D eigenvalue weighted by molar-refractivity contribution is -0.297. The van der Waals surface area contributed by atoms with Crippen LogP contribution in [-0.4, -0.2) is 150 Å². The van der Waals surface area contributed by atoms with Crippen LogP contribution in [0.4, 0.5) is 0 Å². The summed E-state index contributed by atoms with van der Waals surface area (Å²) < 4.78 is 68.7. The van der Waals surface area contributed by atoms with Crippen LogP contribution in [-0.2, 0) is 61.0 Å². The summed E-state index contributed by atoms with van der Waals surface area (Å²) in [5.41, 5.74) is 0. The van der Waals surface area contributed by atoms with E-state index >= 15 is 4.79 Å². The van der Waals surface area contributed by atoms with E-state index < -0.39 is 139 Å². The van der Waals surface area contributed by atoms with Crippen molar-refractivity contribution in [3.05, 3.63) is 0 Å². The molecule has 2 aliphatic rings. The average molecular weight is 1680 g/mol. The minimum Gasteiger partial charge on any atom is -0.457 e. The molecule has 10 N–H and O–H groups in total. The van der Waals surface area contributed by atoms with Crippen LogP contribution >= 0.6 is 15.6 Å². The molecule has 2 amide bonds. The molecule has 0 unspecified atom stereocenters. The molecule has 0 aromatic carbocycles. The summed E-state index contributed by atoms with van der Waals surface area (Å²) in [4.78, 5) is 101. The number of amides is 2. The second kappa shape index (κ2) is 71.3. The first-order valence-corrected chi connectivity index (χ1v) is 50.6. The Labute approximate surface area is 698 Å². The molecule has 0 aromatic rings. The van der Waals surface area contributed by atoms with E-state index in [1.165, 1.54) is 154 Å². The van der Waals surface area contributed by atoms with Crippen LogP contribution in [0.25, 0.3) is 0 Å². The predicted molar refractivity (Wildman–Crippen MR) is 459 cm³/mol. The van der Waals surface area contributed by atoms with Gasteiger partial charge in [-0.15, -0.1) is 0 Å². The minimum atomic E-state index is -5.76. The number of esters is 2. The number of ether oxygens (including phenoxy) is 5. The molecule has 2 saturated heterocycles. The molecule has 12 atom stereocenters. The van der Waals surface area contributed by atoms with Gasteiger partial charge in [0.1, 0.15) is 36.5 Å². The lowest BCUT2D eigenvalue weighted by Gasteiger charge is -2.47. The summed E-state index contributed by atoms with van der Waals surface area (Å²) in [5, 5.41) is 51.5. The summed E-state index contributed by atoms with van der Waals surface area (Å²) in [5.74, 6) is -3.36. The lowest BCUT2D eigenvalue weighted by atomic mass is 9.90. The van der Waals surface area contributed by atoms with Gasteiger partial charge < -0.3 is 74.3 Å². The molecule has 25 heteroatoms. The number of hydrogen-bond donors (Lipinski definition) is 10. The Hall–Kier alpha value is -2.18. The summed E-state index contributed by atoms with van der Waals surface area (Å²) >= 11 is 0.